The lowest BCUT2D eigenvalue weighted by Crippen LogP contribution is -2.14. The second-order valence-electron chi connectivity index (χ2n) is 12.9. The van der Waals surface area contributed by atoms with Gasteiger partial charge in [-0.15, -0.1) is 0 Å². The summed E-state index contributed by atoms with van der Waals surface area (Å²) in [5, 5.41) is 7.91. The summed E-state index contributed by atoms with van der Waals surface area (Å²) >= 11 is 0. The van der Waals surface area contributed by atoms with Crippen molar-refractivity contribution in [3.8, 4) is 44.5 Å². The van der Waals surface area contributed by atoms with Gasteiger partial charge in [0.1, 0.15) is 0 Å². The highest BCUT2D eigenvalue weighted by atomic mass is 14.4. The molecule has 0 fully saturated rings. The lowest BCUT2D eigenvalue weighted by atomic mass is 9.81. The van der Waals surface area contributed by atoms with Gasteiger partial charge in [0.05, 0.1) is 0 Å². The van der Waals surface area contributed by atoms with Gasteiger partial charge in [-0.25, -0.2) is 0 Å². The van der Waals surface area contributed by atoms with Crippen LogP contribution in [0.4, 0.5) is 0 Å². The van der Waals surface area contributed by atoms with Crippen LogP contribution in [0.1, 0.15) is 25.0 Å². The first-order valence-corrected chi connectivity index (χ1v) is 15.9. The van der Waals surface area contributed by atoms with Crippen LogP contribution in [0, 0.1) is 0 Å². The van der Waals surface area contributed by atoms with Gasteiger partial charge in [0.15, 0.2) is 0 Å². The molecule has 9 rings (SSSR count). The Hall–Kier alpha value is -5.46. The van der Waals surface area contributed by atoms with E-state index < -0.39 is 0 Å². The second kappa shape index (κ2) is 9.78. The quantitative estimate of drug-likeness (QED) is 0.185. The SMILES string of the molecule is CC1(C)c2ccccc2-c2cc3c4ccccc4c4cc(-c5cccc(-c6ccc(-c7ccccc7)cc6)c5)ccc4c3cc21. The van der Waals surface area contributed by atoms with Crippen LogP contribution < -0.4 is 0 Å². The Bertz CT molecular complexity index is 2430. The number of fused-ring (bicyclic) bond motifs is 9. The fourth-order valence-electron chi connectivity index (χ4n) is 7.69. The van der Waals surface area contributed by atoms with Crippen molar-refractivity contribution in [2.75, 3.05) is 0 Å². The van der Waals surface area contributed by atoms with Gasteiger partial charge < -0.3 is 0 Å². The third kappa shape index (κ3) is 3.99. The Labute approximate surface area is 264 Å². The number of hydrogen-bond donors (Lipinski definition) is 0. The summed E-state index contributed by atoms with van der Waals surface area (Å²) in [6.07, 6.45) is 0. The molecule has 45 heavy (non-hydrogen) atoms. The molecule has 1 aliphatic carbocycles. The second-order valence-corrected chi connectivity index (χ2v) is 12.9. The van der Waals surface area contributed by atoms with Gasteiger partial charge in [-0.2, -0.15) is 0 Å². The molecule has 0 amide bonds. The van der Waals surface area contributed by atoms with Crippen LogP contribution in [-0.2, 0) is 5.41 Å². The Morgan fingerprint density at radius 2 is 0.778 bits per heavy atom. The molecule has 0 saturated heterocycles. The standard InChI is InChI=1S/C45H32/c1-45(2)43-18-9-8-17-38(43)42-27-40-36-16-7-6-15-35(36)39-26-34(23-24-37(39)41(40)28-44(42)45)33-14-10-13-32(25-33)31-21-19-30(20-22-31)29-11-4-3-5-12-29/h3-28H,1-2H3. The van der Waals surface area contributed by atoms with Gasteiger partial charge in [-0.3, -0.25) is 0 Å². The zero-order valence-corrected chi connectivity index (χ0v) is 25.5. The molecule has 0 spiro atoms. The average Bonchev–Trinajstić information content (AvgIpc) is 3.33. The number of benzene rings is 8. The maximum absolute atomic E-state index is 2.48. The first-order valence-electron chi connectivity index (χ1n) is 15.9. The highest BCUT2D eigenvalue weighted by Crippen LogP contribution is 2.51. The van der Waals surface area contributed by atoms with Gasteiger partial charge in [0, 0.05) is 5.41 Å². The van der Waals surface area contributed by atoms with E-state index in [1.165, 1.54) is 88.0 Å². The van der Waals surface area contributed by atoms with Crippen LogP contribution >= 0.6 is 0 Å². The predicted molar refractivity (Wildman–Crippen MR) is 193 cm³/mol. The summed E-state index contributed by atoms with van der Waals surface area (Å²) in [5.41, 5.74) is 13.0. The lowest BCUT2D eigenvalue weighted by Gasteiger charge is -2.22. The van der Waals surface area contributed by atoms with Crippen molar-refractivity contribution in [2.45, 2.75) is 19.3 Å². The monoisotopic (exact) mass is 572 g/mol. The largest absolute Gasteiger partial charge is 0.0622 e. The minimum Gasteiger partial charge on any atom is -0.0622 e. The molecule has 0 nitrogen and oxygen atoms in total. The zero-order valence-electron chi connectivity index (χ0n) is 25.5. The smallest absolute Gasteiger partial charge is 0.0159 e. The van der Waals surface area contributed by atoms with Crippen molar-refractivity contribution in [3.05, 3.63) is 169 Å². The molecule has 8 aromatic carbocycles. The normalized spacial score (nSPS) is 13.3. The van der Waals surface area contributed by atoms with E-state index in [9.17, 15) is 0 Å². The van der Waals surface area contributed by atoms with E-state index in [1.807, 2.05) is 0 Å². The van der Waals surface area contributed by atoms with E-state index in [-0.39, 0.29) is 5.41 Å². The summed E-state index contributed by atoms with van der Waals surface area (Å²) < 4.78 is 0. The van der Waals surface area contributed by atoms with E-state index in [0.29, 0.717) is 0 Å². The van der Waals surface area contributed by atoms with Crippen molar-refractivity contribution in [2.24, 2.45) is 0 Å². The third-order valence-electron chi connectivity index (χ3n) is 10.1. The molecule has 0 aromatic heterocycles. The third-order valence-corrected chi connectivity index (χ3v) is 10.1. The maximum Gasteiger partial charge on any atom is 0.0159 e. The zero-order chi connectivity index (χ0) is 30.1. The molecular formula is C45H32. The van der Waals surface area contributed by atoms with Crippen molar-refractivity contribution in [1.29, 1.82) is 0 Å². The molecule has 0 bridgehead atoms. The molecular weight excluding hydrogens is 540 g/mol. The molecule has 0 heterocycles. The van der Waals surface area contributed by atoms with E-state index in [1.54, 1.807) is 0 Å². The molecule has 0 heteroatoms. The van der Waals surface area contributed by atoms with Crippen LogP contribution in [0.3, 0.4) is 0 Å². The summed E-state index contributed by atoms with van der Waals surface area (Å²) in [5.74, 6) is 0. The highest BCUT2D eigenvalue weighted by molar-refractivity contribution is 6.26. The fourth-order valence-corrected chi connectivity index (χ4v) is 7.69. The Morgan fingerprint density at radius 3 is 1.53 bits per heavy atom. The topological polar surface area (TPSA) is 0 Å². The molecule has 0 N–H and O–H groups in total. The summed E-state index contributed by atoms with van der Waals surface area (Å²) in [6.45, 7) is 4.74. The lowest BCUT2D eigenvalue weighted by molar-refractivity contribution is 0.661. The first-order chi connectivity index (χ1) is 22.1. The van der Waals surface area contributed by atoms with Crippen molar-refractivity contribution in [3.63, 3.8) is 0 Å². The average molecular weight is 573 g/mol. The van der Waals surface area contributed by atoms with Gasteiger partial charge >= 0.3 is 0 Å². The first kappa shape index (κ1) is 26.0. The molecule has 1 aliphatic rings. The maximum atomic E-state index is 2.48. The van der Waals surface area contributed by atoms with Crippen LogP contribution in [0.2, 0.25) is 0 Å². The Kier molecular flexibility index (Phi) is 5.64. The summed E-state index contributed by atoms with van der Waals surface area (Å²) in [6, 6.07) is 58.3. The van der Waals surface area contributed by atoms with Gasteiger partial charge in [-0.05, 0) is 112 Å². The molecule has 212 valence electrons. The van der Waals surface area contributed by atoms with E-state index in [4.69, 9.17) is 0 Å². The van der Waals surface area contributed by atoms with E-state index in [2.05, 4.69) is 172 Å². The van der Waals surface area contributed by atoms with Crippen LogP contribution in [0.15, 0.2) is 158 Å². The minimum absolute atomic E-state index is 0.0300. The fraction of sp³-hybridized carbons (Fsp3) is 0.0667. The van der Waals surface area contributed by atoms with Gasteiger partial charge in [0.25, 0.3) is 0 Å². The molecule has 0 radical (unpaired) electrons. The van der Waals surface area contributed by atoms with Crippen LogP contribution in [0.5, 0.6) is 0 Å². The molecule has 0 aliphatic heterocycles. The molecule has 8 aromatic rings. The van der Waals surface area contributed by atoms with E-state index in [0.717, 1.165) is 0 Å². The molecule has 0 atom stereocenters. The predicted octanol–water partition coefficient (Wildman–Crippen LogP) is 12.5. The van der Waals surface area contributed by atoms with Crippen molar-refractivity contribution < 1.29 is 0 Å². The molecule has 0 saturated carbocycles. The summed E-state index contributed by atoms with van der Waals surface area (Å²) in [7, 11) is 0. The molecule has 0 unspecified atom stereocenters. The van der Waals surface area contributed by atoms with Gasteiger partial charge in [-0.1, -0.05) is 147 Å². The summed E-state index contributed by atoms with van der Waals surface area (Å²) in [4.78, 5) is 0. The highest BCUT2D eigenvalue weighted by Gasteiger charge is 2.35. The number of hydrogen-bond acceptors (Lipinski definition) is 0. The minimum atomic E-state index is -0.0300. The van der Waals surface area contributed by atoms with Crippen molar-refractivity contribution >= 4 is 32.3 Å². The number of rotatable bonds is 3. The van der Waals surface area contributed by atoms with E-state index >= 15 is 0 Å². The van der Waals surface area contributed by atoms with Crippen LogP contribution in [-0.4, -0.2) is 0 Å². The Morgan fingerprint density at radius 1 is 0.289 bits per heavy atom. The van der Waals surface area contributed by atoms with Crippen molar-refractivity contribution in [1.82, 2.24) is 0 Å². The van der Waals surface area contributed by atoms with Gasteiger partial charge in [0.2, 0.25) is 0 Å². The van der Waals surface area contributed by atoms with Crippen LogP contribution in [0.25, 0.3) is 76.8 Å². The Balaban J connectivity index is 1.19.